The van der Waals surface area contributed by atoms with E-state index in [1.54, 1.807) is 0 Å². The van der Waals surface area contributed by atoms with Crippen LogP contribution in [0.1, 0.15) is 17.2 Å². The molecule has 1 aliphatic heterocycles. The minimum absolute atomic E-state index is 0.0573. The van der Waals surface area contributed by atoms with E-state index in [0.717, 1.165) is 66.3 Å². The Morgan fingerprint density at radius 2 is 0.875 bits per heavy atom. The number of aromatic nitrogens is 5. The summed E-state index contributed by atoms with van der Waals surface area (Å²) in [5, 5.41) is 8.44. The van der Waals surface area contributed by atoms with E-state index in [9.17, 15) is 0 Å². The lowest BCUT2D eigenvalue weighted by atomic mass is 9.99. The fourth-order valence-electron chi connectivity index (χ4n) is 8.26. The Morgan fingerprint density at radius 1 is 0.411 bits per heavy atom. The van der Waals surface area contributed by atoms with Crippen LogP contribution in [0.25, 0.3) is 83.7 Å². The molecule has 264 valence electrons. The summed E-state index contributed by atoms with van der Waals surface area (Å²) < 4.78 is 4.70. The van der Waals surface area contributed by atoms with E-state index in [2.05, 4.69) is 172 Å². The van der Waals surface area contributed by atoms with Gasteiger partial charge in [-0.3, -0.25) is 4.57 Å². The Hall–Kier alpha value is -7.57. The van der Waals surface area contributed by atoms with E-state index >= 15 is 0 Å². The zero-order valence-electron chi connectivity index (χ0n) is 30.3. The highest BCUT2D eigenvalue weighted by Gasteiger charge is 2.26. The molecule has 56 heavy (non-hydrogen) atoms. The molecule has 6 heteroatoms. The first-order chi connectivity index (χ1) is 27.8. The number of nitrogens with one attached hydrogen (secondary N) is 1. The summed E-state index contributed by atoms with van der Waals surface area (Å²) >= 11 is 0. The molecular formula is C50H34N6. The molecule has 1 unspecified atom stereocenters. The van der Waals surface area contributed by atoms with E-state index in [1.165, 1.54) is 10.9 Å². The van der Waals surface area contributed by atoms with E-state index in [0.29, 0.717) is 17.6 Å². The quantitative estimate of drug-likeness (QED) is 0.186. The average Bonchev–Trinajstić information content (AvgIpc) is 3.81. The highest BCUT2D eigenvalue weighted by molar-refractivity contribution is 6.24. The molecule has 3 aromatic heterocycles. The van der Waals surface area contributed by atoms with Gasteiger partial charge in [0.15, 0.2) is 11.6 Å². The lowest BCUT2D eigenvalue weighted by molar-refractivity contribution is 0.762. The standard InChI is InChI=1S/C50H34N6/c1-5-17-33(18-6-1)42-31-37(32-43(51-42)34-19-7-2-8-20-34)55-44-27-15-13-25-38(44)40-29-30-41-39-26-14-16-28-45(39)56(47(41)46(40)55)50-53-48(35-21-9-3-10-22-35)52-49(54-50)36-23-11-4-12-24-36/h1-32,42,51H. The molecule has 6 nitrogen and oxygen atoms in total. The number of benzene rings is 7. The minimum Gasteiger partial charge on any atom is -0.374 e. The maximum absolute atomic E-state index is 5.27. The SMILES string of the molecule is C1=C(c2ccccc2)NC(c2ccccc2)C=C1n1c2ccccc2c2ccc3c4ccccc4n(-c4nc(-c5ccccc5)nc(-c5ccccc5)n4)c3c21. The van der Waals surface area contributed by atoms with E-state index in [1.807, 2.05) is 36.4 Å². The third-order valence-electron chi connectivity index (χ3n) is 10.8. The maximum Gasteiger partial charge on any atom is 0.238 e. The third kappa shape index (κ3) is 5.22. The number of fused-ring (bicyclic) bond motifs is 7. The molecule has 0 bridgehead atoms. The Labute approximate surface area is 323 Å². The van der Waals surface area contributed by atoms with Crippen molar-refractivity contribution in [3.8, 4) is 28.7 Å². The number of allylic oxidation sites excluding steroid dienone is 2. The summed E-state index contributed by atoms with van der Waals surface area (Å²) in [5.41, 5.74) is 10.6. The predicted octanol–water partition coefficient (Wildman–Crippen LogP) is 11.6. The molecule has 0 saturated carbocycles. The topological polar surface area (TPSA) is 60.6 Å². The van der Waals surface area contributed by atoms with Crippen LogP contribution in [-0.4, -0.2) is 24.1 Å². The summed E-state index contributed by atoms with van der Waals surface area (Å²) in [5.74, 6) is 1.81. The van der Waals surface area contributed by atoms with Gasteiger partial charge in [0.25, 0.3) is 0 Å². The average molecular weight is 719 g/mol. The number of nitrogens with zero attached hydrogens (tertiary/aromatic N) is 5. The Morgan fingerprint density at radius 3 is 1.45 bits per heavy atom. The lowest BCUT2D eigenvalue weighted by Gasteiger charge is -2.26. The number of dihydropyridines is 1. The molecule has 10 aromatic rings. The van der Waals surface area contributed by atoms with Crippen LogP contribution in [0.4, 0.5) is 0 Å². The lowest BCUT2D eigenvalue weighted by Crippen LogP contribution is -2.22. The van der Waals surface area contributed by atoms with Gasteiger partial charge in [-0.25, -0.2) is 4.98 Å². The van der Waals surface area contributed by atoms with Crippen LogP contribution in [0.3, 0.4) is 0 Å². The van der Waals surface area contributed by atoms with Gasteiger partial charge < -0.3 is 9.88 Å². The second kappa shape index (κ2) is 13.1. The van der Waals surface area contributed by atoms with E-state index < -0.39 is 0 Å². The van der Waals surface area contributed by atoms with Crippen molar-refractivity contribution in [2.75, 3.05) is 0 Å². The molecular weight excluding hydrogens is 685 g/mol. The van der Waals surface area contributed by atoms with E-state index in [-0.39, 0.29) is 6.04 Å². The fourth-order valence-corrected chi connectivity index (χ4v) is 8.26. The smallest absolute Gasteiger partial charge is 0.238 e. The first-order valence-corrected chi connectivity index (χ1v) is 18.9. The van der Waals surface area contributed by atoms with Crippen LogP contribution >= 0.6 is 0 Å². The van der Waals surface area contributed by atoms with Crippen LogP contribution in [0.5, 0.6) is 0 Å². The van der Waals surface area contributed by atoms with Gasteiger partial charge in [-0.2, -0.15) is 9.97 Å². The largest absolute Gasteiger partial charge is 0.374 e. The summed E-state index contributed by atoms with van der Waals surface area (Å²) in [6.45, 7) is 0. The van der Waals surface area contributed by atoms with Crippen molar-refractivity contribution < 1.29 is 0 Å². The van der Waals surface area contributed by atoms with Crippen LogP contribution in [0.2, 0.25) is 0 Å². The summed E-state index contributed by atoms with van der Waals surface area (Å²) in [7, 11) is 0. The monoisotopic (exact) mass is 718 g/mol. The molecule has 0 fully saturated rings. The summed E-state index contributed by atoms with van der Waals surface area (Å²) in [4.78, 5) is 15.6. The Balaban J connectivity index is 1.27. The molecule has 0 aliphatic carbocycles. The van der Waals surface area contributed by atoms with Crippen molar-refractivity contribution in [3.05, 3.63) is 205 Å². The van der Waals surface area contributed by atoms with Crippen molar-refractivity contribution in [2.24, 2.45) is 0 Å². The maximum atomic E-state index is 5.27. The number of para-hydroxylation sites is 2. The molecule has 0 amide bonds. The van der Waals surface area contributed by atoms with Crippen LogP contribution in [0, 0.1) is 0 Å². The molecule has 1 atom stereocenters. The van der Waals surface area contributed by atoms with Crippen LogP contribution in [0.15, 0.2) is 194 Å². The first-order valence-electron chi connectivity index (χ1n) is 18.9. The van der Waals surface area contributed by atoms with Gasteiger partial charge in [0.05, 0.1) is 28.1 Å². The molecule has 11 rings (SSSR count). The predicted molar refractivity (Wildman–Crippen MR) is 229 cm³/mol. The summed E-state index contributed by atoms with van der Waals surface area (Å²) in [6.07, 6.45) is 4.64. The van der Waals surface area contributed by atoms with Gasteiger partial charge >= 0.3 is 0 Å². The van der Waals surface area contributed by atoms with Gasteiger partial charge in [0.1, 0.15) is 0 Å². The number of hydrogen-bond donors (Lipinski definition) is 1. The Kier molecular flexibility index (Phi) is 7.45. The zero-order valence-corrected chi connectivity index (χ0v) is 30.3. The molecule has 0 saturated heterocycles. The molecule has 0 radical (unpaired) electrons. The van der Waals surface area contributed by atoms with Crippen molar-refractivity contribution in [1.29, 1.82) is 0 Å². The van der Waals surface area contributed by atoms with Crippen molar-refractivity contribution in [2.45, 2.75) is 6.04 Å². The molecule has 4 heterocycles. The van der Waals surface area contributed by atoms with Gasteiger partial charge in [-0.05, 0) is 35.4 Å². The van der Waals surface area contributed by atoms with Gasteiger partial charge in [0.2, 0.25) is 5.95 Å². The zero-order chi connectivity index (χ0) is 37.0. The van der Waals surface area contributed by atoms with Gasteiger partial charge in [-0.1, -0.05) is 170 Å². The number of rotatable bonds is 6. The van der Waals surface area contributed by atoms with Crippen molar-refractivity contribution >= 4 is 55.0 Å². The van der Waals surface area contributed by atoms with Crippen molar-refractivity contribution in [1.82, 2.24) is 29.4 Å². The molecule has 1 N–H and O–H groups in total. The summed E-state index contributed by atoms with van der Waals surface area (Å²) in [6, 6.07) is 63.4. The van der Waals surface area contributed by atoms with Crippen LogP contribution in [-0.2, 0) is 0 Å². The van der Waals surface area contributed by atoms with Gasteiger partial charge in [0, 0.05) is 44.1 Å². The molecule has 0 spiro atoms. The van der Waals surface area contributed by atoms with Crippen molar-refractivity contribution in [3.63, 3.8) is 0 Å². The second-order valence-electron chi connectivity index (χ2n) is 14.1. The third-order valence-corrected chi connectivity index (χ3v) is 10.8. The first kappa shape index (κ1) is 31.9. The van der Waals surface area contributed by atoms with Gasteiger partial charge in [-0.15, -0.1) is 0 Å². The molecule has 7 aromatic carbocycles. The molecule has 1 aliphatic rings. The highest BCUT2D eigenvalue weighted by Crippen LogP contribution is 2.43. The number of hydrogen-bond acceptors (Lipinski definition) is 4. The minimum atomic E-state index is -0.0573. The van der Waals surface area contributed by atoms with E-state index in [4.69, 9.17) is 15.0 Å². The Bertz CT molecular complexity index is 3090. The normalized spacial score (nSPS) is 14.2. The fraction of sp³-hybridized carbons (Fsp3) is 0.0200. The van der Waals surface area contributed by atoms with Crippen LogP contribution < -0.4 is 5.32 Å². The second-order valence-corrected chi connectivity index (χ2v) is 14.1. The highest BCUT2D eigenvalue weighted by atomic mass is 15.2.